The van der Waals surface area contributed by atoms with Crippen LogP contribution in [0, 0.1) is 5.41 Å². The van der Waals surface area contributed by atoms with E-state index >= 15 is 0 Å². The van der Waals surface area contributed by atoms with Crippen LogP contribution in [0.25, 0.3) is 0 Å². The number of halogens is 1. The molecule has 0 bridgehead atoms. The van der Waals surface area contributed by atoms with Crippen LogP contribution < -0.4 is 0 Å². The molecule has 2 rings (SSSR count). The van der Waals surface area contributed by atoms with Crippen LogP contribution in [-0.4, -0.2) is 17.6 Å². The molecule has 0 amide bonds. The Bertz CT molecular complexity index is 196. The number of hydrogen-bond acceptors (Lipinski definition) is 1. The number of ether oxygens (including phenoxy) is 1. The predicted octanol–water partition coefficient (Wildman–Crippen LogP) is 3.74. The third kappa shape index (κ3) is 1.94. The van der Waals surface area contributed by atoms with Gasteiger partial charge in [0.2, 0.25) is 0 Å². The Morgan fingerprint density at radius 2 is 1.79 bits per heavy atom. The van der Waals surface area contributed by atoms with Crippen molar-refractivity contribution in [1.29, 1.82) is 0 Å². The molecule has 2 aliphatic rings. The van der Waals surface area contributed by atoms with E-state index in [9.17, 15) is 0 Å². The summed E-state index contributed by atoms with van der Waals surface area (Å²) in [4.78, 5) is 0. The zero-order valence-corrected chi connectivity index (χ0v) is 10.0. The molecule has 2 aliphatic carbocycles. The Balaban J connectivity index is 1.80. The molecule has 0 aromatic heterocycles. The molecule has 0 heterocycles. The van der Waals surface area contributed by atoms with Crippen molar-refractivity contribution in [2.45, 2.75) is 70.0 Å². The first-order chi connectivity index (χ1) is 6.60. The summed E-state index contributed by atoms with van der Waals surface area (Å²) in [5, 5.41) is 0.316. The highest BCUT2D eigenvalue weighted by Crippen LogP contribution is 2.47. The summed E-state index contributed by atoms with van der Waals surface area (Å²) >= 11 is 6.17. The zero-order valence-electron chi connectivity index (χ0n) is 9.26. The summed E-state index contributed by atoms with van der Waals surface area (Å²) in [6.07, 6.45) is 8.60. The van der Waals surface area contributed by atoms with Crippen LogP contribution in [0.1, 0.15) is 52.4 Å². The van der Waals surface area contributed by atoms with E-state index in [0.29, 0.717) is 17.6 Å². The van der Waals surface area contributed by atoms with Gasteiger partial charge in [-0.2, -0.15) is 0 Å². The van der Waals surface area contributed by atoms with Gasteiger partial charge < -0.3 is 4.74 Å². The smallest absolute Gasteiger partial charge is 0.0658 e. The monoisotopic (exact) mass is 216 g/mol. The third-order valence-corrected chi connectivity index (χ3v) is 4.71. The predicted molar refractivity (Wildman–Crippen MR) is 59.8 cm³/mol. The van der Waals surface area contributed by atoms with Gasteiger partial charge in [-0.25, -0.2) is 0 Å². The number of hydrogen-bond donors (Lipinski definition) is 0. The van der Waals surface area contributed by atoms with Crippen LogP contribution in [0.2, 0.25) is 0 Å². The van der Waals surface area contributed by atoms with Crippen LogP contribution in [-0.2, 0) is 4.74 Å². The fourth-order valence-corrected chi connectivity index (χ4v) is 2.80. The van der Waals surface area contributed by atoms with Crippen LogP contribution in [0.5, 0.6) is 0 Å². The van der Waals surface area contributed by atoms with Crippen molar-refractivity contribution in [3.63, 3.8) is 0 Å². The van der Waals surface area contributed by atoms with Crippen molar-refractivity contribution in [2.75, 3.05) is 0 Å². The Kier molecular flexibility index (Phi) is 3.09. The van der Waals surface area contributed by atoms with E-state index in [1.807, 2.05) is 0 Å². The highest BCUT2D eigenvalue weighted by atomic mass is 35.5. The van der Waals surface area contributed by atoms with Crippen molar-refractivity contribution in [3.8, 4) is 0 Å². The van der Waals surface area contributed by atoms with E-state index in [4.69, 9.17) is 16.3 Å². The fraction of sp³-hybridized carbons (Fsp3) is 1.00. The summed E-state index contributed by atoms with van der Waals surface area (Å²) < 4.78 is 6.13. The minimum absolute atomic E-state index is 0.193. The molecule has 0 saturated heterocycles. The van der Waals surface area contributed by atoms with Crippen LogP contribution >= 0.6 is 11.6 Å². The molecule has 0 N–H and O–H groups in total. The maximum atomic E-state index is 6.17. The molecular formula is C12H21ClO. The van der Waals surface area contributed by atoms with E-state index in [2.05, 4.69) is 13.8 Å². The SMILES string of the molecule is CC1(C)C(Cl)CC1OC1CCCCC1. The van der Waals surface area contributed by atoms with E-state index in [1.165, 1.54) is 32.1 Å². The second kappa shape index (κ2) is 4.02. The van der Waals surface area contributed by atoms with Gasteiger partial charge in [0.25, 0.3) is 0 Å². The van der Waals surface area contributed by atoms with Crippen molar-refractivity contribution in [3.05, 3.63) is 0 Å². The molecule has 0 spiro atoms. The van der Waals surface area contributed by atoms with Gasteiger partial charge in [0, 0.05) is 10.8 Å². The molecule has 0 aliphatic heterocycles. The number of rotatable bonds is 2. The highest BCUT2D eigenvalue weighted by Gasteiger charge is 2.48. The average Bonchev–Trinajstić information content (AvgIpc) is 2.19. The molecule has 0 aromatic rings. The second-order valence-corrected chi connectivity index (χ2v) is 5.94. The Morgan fingerprint density at radius 3 is 2.29 bits per heavy atom. The second-order valence-electron chi connectivity index (χ2n) is 5.41. The van der Waals surface area contributed by atoms with E-state index < -0.39 is 0 Å². The topological polar surface area (TPSA) is 9.23 Å². The zero-order chi connectivity index (χ0) is 10.2. The minimum Gasteiger partial charge on any atom is -0.374 e. The van der Waals surface area contributed by atoms with Gasteiger partial charge in [-0.15, -0.1) is 11.6 Å². The van der Waals surface area contributed by atoms with Crippen molar-refractivity contribution in [2.24, 2.45) is 5.41 Å². The van der Waals surface area contributed by atoms with E-state index in [-0.39, 0.29) is 5.41 Å². The van der Waals surface area contributed by atoms with Crippen LogP contribution in [0.15, 0.2) is 0 Å². The van der Waals surface area contributed by atoms with E-state index in [1.54, 1.807) is 0 Å². The van der Waals surface area contributed by atoms with Gasteiger partial charge in [-0.3, -0.25) is 0 Å². The molecular weight excluding hydrogens is 196 g/mol. The molecule has 0 aromatic carbocycles. The summed E-state index contributed by atoms with van der Waals surface area (Å²) in [5.74, 6) is 0. The lowest BCUT2D eigenvalue weighted by Crippen LogP contribution is -2.53. The summed E-state index contributed by atoms with van der Waals surface area (Å²) in [6.45, 7) is 4.45. The molecule has 2 heteroatoms. The van der Waals surface area contributed by atoms with Gasteiger partial charge in [-0.1, -0.05) is 33.1 Å². The summed E-state index contributed by atoms with van der Waals surface area (Å²) in [5.41, 5.74) is 0.193. The lowest BCUT2D eigenvalue weighted by molar-refractivity contribution is -0.132. The Labute approximate surface area is 92.2 Å². The van der Waals surface area contributed by atoms with Crippen LogP contribution in [0.4, 0.5) is 0 Å². The van der Waals surface area contributed by atoms with Crippen molar-refractivity contribution >= 4 is 11.6 Å². The lowest BCUT2D eigenvalue weighted by atomic mass is 9.68. The molecule has 2 unspecified atom stereocenters. The normalized spacial score (nSPS) is 37.9. The standard InChI is InChI=1S/C12H21ClO/c1-12(2)10(13)8-11(12)14-9-6-4-3-5-7-9/h9-11H,3-8H2,1-2H3. The fourth-order valence-electron chi connectivity index (χ4n) is 2.50. The summed E-state index contributed by atoms with van der Waals surface area (Å²) in [6, 6.07) is 0. The first kappa shape index (κ1) is 10.8. The van der Waals surface area contributed by atoms with Crippen LogP contribution in [0.3, 0.4) is 0 Å². The summed E-state index contributed by atoms with van der Waals surface area (Å²) in [7, 11) is 0. The largest absolute Gasteiger partial charge is 0.374 e. The minimum atomic E-state index is 0.193. The van der Waals surface area contributed by atoms with E-state index in [0.717, 1.165) is 6.42 Å². The maximum Gasteiger partial charge on any atom is 0.0658 e. The van der Waals surface area contributed by atoms with Gasteiger partial charge >= 0.3 is 0 Å². The third-order valence-electron chi connectivity index (χ3n) is 3.97. The van der Waals surface area contributed by atoms with Gasteiger partial charge in [-0.05, 0) is 19.3 Å². The molecule has 2 saturated carbocycles. The van der Waals surface area contributed by atoms with Crippen molar-refractivity contribution < 1.29 is 4.74 Å². The van der Waals surface area contributed by atoms with Gasteiger partial charge in [0.05, 0.1) is 12.2 Å². The number of alkyl halides is 1. The Hall–Kier alpha value is 0.250. The van der Waals surface area contributed by atoms with Crippen molar-refractivity contribution in [1.82, 2.24) is 0 Å². The molecule has 2 fully saturated rings. The Morgan fingerprint density at radius 1 is 1.14 bits per heavy atom. The quantitative estimate of drug-likeness (QED) is 0.639. The molecule has 2 atom stereocenters. The lowest BCUT2D eigenvalue weighted by Gasteiger charge is -2.50. The molecule has 82 valence electrons. The first-order valence-electron chi connectivity index (χ1n) is 5.90. The van der Waals surface area contributed by atoms with Gasteiger partial charge in [0.15, 0.2) is 0 Å². The highest BCUT2D eigenvalue weighted by molar-refractivity contribution is 6.21. The average molecular weight is 217 g/mol. The molecule has 14 heavy (non-hydrogen) atoms. The maximum absolute atomic E-state index is 6.17. The first-order valence-corrected chi connectivity index (χ1v) is 6.34. The molecule has 1 nitrogen and oxygen atoms in total. The van der Waals surface area contributed by atoms with Gasteiger partial charge in [0.1, 0.15) is 0 Å². The molecule has 0 radical (unpaired) electrons.